The van der Waals surface area contributed by atoms with E-state index >= 15 is 0 Å². The monoisotopic (exact) mass is 301 g/mol. The predicted molar refractivity (Wildman–Crippen MR) is 75.2 cm³/mol. The van der Waals surface area contributed by atoms with E-state index in [1.54, 1.807) is 6.07 Å². The van der Waals surface area contributed by atoms with Crippen molar-refractivity contribution >= 4 is 9.84 Å². The first kappa shape index (κ1) is 14.9. The van der Waals surface area contributed by atoms with Gasteiger partial charge in [-0.25, -0.2) is 8.42 Å². The molecule has 7 heteroatoms. The van der Waals surface area contributed by atoms with E-state index < -0.39 is 9.84 Å². The molecule has 0 bridgehead atoms. The number of ether oxygens (including phenoxy) is 3. The molecule has 0 fully saturated rings. The second kappa shape index (κ2) is 6.32. The molecule has 0 aliphatic carbocycles. The Labute approximate surface area is 118 Å². The first-order valence-corrected chi connectivity index (χ1v) is 8.49. The zero-order chi connectivity index (χ0) is 14.6. The summed E-state index contributed by atoms with van der Waals surface area (Å²) < 4.78 is 38.5. The molecule has 0 saturated carbocycles. The molecule has 0 amide bonds. The summed E-state index contributed by atoms with van der Waals surface area (Å²) in [4.78, 5) is 0. The van der Waals surface area contributed by atoms with Crippen molar-refractivity contribution in [2.24, 2.45) is 0 Å². The molecule has 1 aromatic rings. The summed E-state index contributed by atoms with van der Waals surface area (Å²) in [6.07, 6.45) is 1.19. The fourth-order valence-electron chi connectivity index (χ4n) is 1.80. The fraction of sp³-hybridized carbons (Fsp3) is 0.538. The minimum Gasteiger partial charge on any atom is -0.492 e. The van der Waals surface area contributed by atoms with E-state index in [2.05, 4.69) is 5.32 Å². The number of benzene rings is 1. The maximum absolute atomic E-state index is 11.1. The quantitative estimate of drug-likeness (QED) is 0.808. The van der Waals surface area contributed by atoms with Crippen molar-refractivity contribution < 1.29 is 22.6 Å². The van der Waals surface area contributed by atoms with Gasteiger partial charge in [0.1, 0.15) is 12.4 Å². The third kappa shape index (κ3) is 4.01. The molecule has 2 rings (SSSR count). The average molecular weight is 301 g/mol. The van der Waals surface area contributed by atoms with Crippen molar-refractivity contribution in [1.82, 2.24) is 5.32 Å². The smallest absolute Gasteiger partial charge is 0.231 e. The third-order valence-electron chi connectivity index (χ3n) is 2.83. The lowest BCUT2D eigenvalue weighted by Gasteiger charge is -2.12. The van der Waals surface area contributed by atoms with Crippen LogP contribution < -0.4 is 19.5 Å². The summed E-state index contributed by atoms with van der Waals surface area (Å²) >= 11 is 0. The van der Waals surface area contributed by atoms with Gasteiger partial charge in [0.25, 0.3) is 0 Å². The van der Waals surface area contributed by atoms with Crippen molar-refractivity contribution in [2.75, 3.05) is 32.0 Å². The first-order chi connectivity index (χ1) is 9.49. The molecular weight excluding hydrogens is 282 g/mol. The van der Waals surface area contributed by atoms with E-state index in [1.165, 1.54) is 6.26 Å². The summed E-state index contributed by atoms with van der Waals surface area (Å²) in [5.74, 6) is 1.93. The lowest BCUT2D eigenvalue weighted by molar-refractivity contribution is 0.173. The van der Waals surface area contributed by atoms with Crippen LogP contribution in [0.15, 0.2) is 12.1 Å². The number of hydrogen-bond donors (Lipinski definition) is 1. The molecule has 20 heavy (non-hydrogen) atoms. The highest BCUT2D eigenvalue weighted by atomic mass is 32.2. The van der Waals surface area contributed by atoms with Crippen molar-refractivity contribution in [1.29, 1.82) is 0 Å². The highest BCUT2D eigenvalue weighted by molar-refractivity contribution is 7.90. The normalized spacial score (nSPS) is 13.5. The highest BCUT2D eigenvalue weighted by Gasteiger charge is 2.18. The Bertz CT molecular complexity index is 570. The number of nitrogens with one attached hydrogen (secondary N) is 1. The number of hydrogen-bond acceptors (Lipinski definition) is 6. The van der Waals surface area contributed by atoms with Crippen LogP contribution in [0, 0.1) is 0 Å². The summed E-state index contributed by atoms with van der Waals surface area (Å²) in [5, 5.41) is 3.21. The molecule has 1 aromatic carbocycles. The fourth-order valence-corrected chi connectivity index (χ4v) is 2.19. The SMILES string of the molecule is CCNCc1cc2c(cc1OCCS(C)(=O)=O)OCO2. The molecule has 1 aliphatic heterocycles. The van der Waals surface area contributed by atoms with E-state index in [9.17, 15) is 8.42 Å². The third-order valence-corrected chi connectivity index (χ3v) is 3.74. The van der Waals surface area contributed by atoms with Crippen LogP contribution in [-0.2, 0) is 16.4 Å². The number of sulfone groups is 1. The minimum atomic E-state index is -3.03. The van der Waals surface area contributed by atoms with Crippen LogP contribution in [0.1, 0.15) is 12.5 Å². The summed E-state index contributed by atoms with van der Waals surface area (Å²) in [7, 11) is -3.03. The Balaban J connectivity index is 2.12. The van der Waals surface area contributed by atoms with Gasteiger partial charge in [-0.1, -0.05) is 6.92 Å². The van der Waals surface area contributed by atoms with Gasteiger partial charge in [-0.2, -0.15) is 0 Å². The summed E-state index contributed by atoms with van der Waals surface area (Å²) in [5.41, 5.74) is 0.921. The number of fused-ring (bicyclic) bond motifs is 1. The van der Waals surface area contributed by atoms with Gasteiger partial charge in [-0.05, 0) is 12.6 Å². The summed E-state index contributed by atoms with van der Waals surface area (Å²) in [6, 6.07) is 3.61. The standard InChI is InChI=1S/C13H19NO5S/c1-3-14-8-10-6-12-13(19-9-18-12)7-11(10)17-4-5-20(2,15)16/h6-7,14H,3-5,8-9H2,1-2H3. The van der Waals surface area contributed by atoms with Crippen LogP contribution in [0.3, 0.4) is 0 Å². The van der Waals surface area contributed by atoms with Gasteiger partial charge in [-0.15, -0.1) is 0 Å². The van der Waals surface area contributed by atoms with Crippen LogP contribution in [0.25, 0.3) is 0 Å². The van der Waals surface area contributed by atoms with Crippen molar-refractivity contribution in [3.63, 3.8) is 0 Å². The molecule has 112 valence electrons. The van der Waals surface area contributed by atoms with Crippen LogP contribution in [0.2, 0.25) is 0 Å². The first-order valence-electron chi connectivity index (χ1n) is 6.43. The van der Waals surface area contributed by atoms with Gasteiger partial charge in [0.2, 0.25) is 6.79 Å². The van der Waals surface area contributed by atoms with Crippen LogP contribution in [0.4, 0.5) is 0 Å². The van der Waals surface area contributed by atoms with Gasteiger partial charge < -0.3 is 19.5 Å². The van der Waals surface area contributed by atoms with Crippen molar-refractivity contribution in [2.45, 2.75) is 13.5 Å². The predicted octanol–water partition coefficient (Wildman–Crippen LogP) is 0.948. The van der Waals surface area contributed by atoms with Gasteiger partial charge in [0.15, 0.2) is 21.3 Å². The Morgan fingerprint density at radius 1 is 1.30 bits per heavy atom. The molecular formula is C13H19NO5S. The van der Waals surface area contributed by atoms with E-state index in [1.807, 2.05) is 13.0 Å². The Kier molecular flexibility index (Phi) is 4.72. The maximum atomic E-state index is 11.1. The van der Waals surface area contributed by atoms with Gasteiger partial charge in [-0.3, -0.25) is 0 Å². The highest BCUT2D eigenvalue weighted by Crippen LogP contribution is 2.38. The molecule has 0 aromatic heterocycles. The van der Waals surface area contributed by atoms with E-state index in [-0.39, 0.29) is 19.2 Å². The largest absolute Gasteiger partial charge is 0.492 e. The molecule has 1 heterocycles. The number of rotatable bonds is 7. The van der Waals surface area contributed by atoms with Crippen LogP contribution in [-0.4, -0.2) is 40.4 Å². The molecule has 0 saturated heterocycles. The molecule has 1 N–H and O–H groups in total. The lowest BCUT2D eigenvalue weighted by Crippen LogP contribution is -2.15. The van der Waals surface area contributed by atoms with E-state index in [0.29, 0.717) is 23.8 Å². The van der Waals surface area contributed by atoms with Crippen molar-refractivity contribution in [3.8, 4) is 17.2 Å². The second-order valence-corrected chi connectivity index (χ2v) is 6.83. The molecule has 0 unspecified atom stereocenters. The maximum Gasteiger partial charge on any atom is 0.231 e. The Hall–Kier alpha value is -1.47. The van der Waals surface area contributed by atoms with Gasteiger partial charge >= 0.3 is 0 Å². The van der Waals surface area contributed by atoms with Crippen molar-refractivity contribution in [3.05, 3.63) is 17.7 Å². The minimum absolute atomic E-state index is 0.0118. The van der Waals surface area contributed by atoms with Crippen LogP contribution >= 0.6 is 0 Å². The van der Waals surface area contributed by atoms with Crippen LogP contribution in [0.5, 0.6) is 17.2 Å². The molecule has 0 atom stereocenters. The van der Waals surface area contributed by atoms with E-state index in [0.717, 1.165) is 12.1 Å². The zero-order valence-electron chi connectivity index (χ0n) is 11.6. The second-order valence-electron chi connectivity index (χ2n) is 4.57. The van der Waals surface area contributed by atoms with Gasteiger partial charge in [0, 0.05) is 24.4 Å². The molecule has 0 radical (unpaired) electrons. The van der Waals surface area contributed by atoms with Gasteiger partial charge in [0.05, 0.1) is 5.75 Å². The molecule has 1 aliphatic rings. The molecule has 6 nitrogen and oxygen atoms in total. The topological polar surface area (TPSA) is 73.9 Å². The Morgan fingerprint density at radius 2 is 2.00 bits per heavy atom. The Morgan fingerprint density at radius 3 is 2.65 bits per heavy atom. The average Bonchev–Trinajstić information content (AvgIpc) is 2.81. The lowest BCUT2D eigenvalue weighted by atomic mass is 10.1. The van der Waals surface area contributed by atoms with E-state index in [4.69, 9.17) is 14.2 Å². The zero-order valence-corrected chi connectivity index (χ0v) is 12.5. The molecule has 0 spiro atoms. The summed E-state index contributed by atoms with van der Waals surface area (Å²) in [6.45, 7) is 3.79.